The fraction of sp³-hybridized carbons (Fsp3) is 1.00. The Morgan fingerprint density at radius 3 is 2.42 bits per heavy atom. The van der Waals surface area contributed by atoms with Crippen molar-refractivity contribution in [2.45, 2.75) is 37.9 Å². The van der Waals surface area contributed by atoms with E-state index in [1.54, 1.807) is 0 Å². The molecule has 3 saturated carbocycles. The molecule has 3 rings (SSSR count). The van der Waals surface area contributed by atoms with Gasteiger partial charge in [0.15, 0.2) is 0 Å². The van der Waals surface area contributed by atoms with Gasteiger partial charge in [-0.05, 0) is 49.4 Å². The Balaban J connectivity index is 1.90. The van der Waals surface area contributed by atoms with Crippen LogP contribution in [0.4, 0.5) is 0 Å². The maximum atomic E-state index is 9.74. The Bertz CT molecular complexity index is 202. The normalized spacial score (nSPS) is 62.5. The van der Waals surface area contributed by atoms with E-state index < -0.39 is 12.2 Å². The Hall–Kier alpha value is -0.0800. The van der Waals surface area contributed by atoms with Gasteiger partial charge in [-0.3, -0.25) is 0 Å². The first-order valence-corrected chi connectivity index (χ1v) is 5.13. The summed E-state index contributed by atoms with van der Waals surface area (Å²) in [7, 11) is 0. The first-order chi connectivity index (χ1) is 5.77. The third-order valence-corrected chi connectivity index (χ3v) is 4.46. The highest BCUT2D eigenvalue weighted by atomic mass is 16.3. The van der Waals surface area contributed by atoms with Crippen molar-refractivity contribution in [3.8, 4) is 0 Å². The number of hydrogen-bond donors (Lipinski definition) is 2. The van der Waals surface area contributed by atoms with E-state index in [0.29, 0.717) is 11.8 Å². The molecule has 68 valence electrons. The van der Waals surface area contributed by atoms with Crippen molar-refractivity contribution >= 4 is 0 Å². The molecule has 2 heteroatoms. The molecule has 2 N–H and O–H groups in total. The number of hydrogen-bond acceptors (Lipinski definition) is 2. The fourth-order valence-electron chi connectivity index (χ4n) is 4.01. The first kappa shape index (κ1) is 7.34. The highest BCUT2D eigenvalue weighted by Gasteiger charge is 2.55. The van der Waals surface area contributed by atoms with Crippen molar-refractivity contribution in [2.24, 2.45) is 23.7 Å². The molecule has 12 heavy (non-hydrogen) atoms. The van der Waals surface area contributed by atoms with Crippen molar-refractivity contribution in [1.29, 1.82) is 0 Å². The average Bonchev–Trinajstić information content (AvgIpc) is 2.66. The van der Waals surface area contributed by atoms with Crippen LogP contribution in [0.15, 0.2) is 0 Å². The minimum Gasteiger partial charge on any atom is -0.390 e. The van der Waals surface area contributed by atoms with Crippen LogP contribution in [0.1, 0.15) is 25.7 Å². The van der Waals surface area contributed by atoms with Gasteiger partial charge in [0, 0.05) is 0 Å². The molecule has 0 aromatic carbocycles. The maximum absolute atomic E-state index is 9.74. The molecule has 3 fully saturated rings. The Morgan fingerprint density at radius 1 is 0.917 bits per heavy atom. The molecule has 2 nitrogen and oxygen atoms in total. The van der Waals surface area contributed by atoms with E-state index in [9.17, 15) is 10.2 Å². The van der Waals surface area contributed by atoms with Crippen LogP contribution in [0, 0.1) is 23.7 Å². The van der Waals surface area contributed by atoms with Gasteiger partial charge < -0.3 is 10.2 Å². The molecular weight excluding hydrogens is 152 g/mol. The second kappa shape index (κ2) is 2.24. The lowest BCUT2D eigenvalue weighted by atomic mass is 9.81. The zero-order chi connectivity index (χ0) is 8.29. The number of aliphatic hydroxyl groups excluding tert-OH is 2. The SMILES string of the molecule is O[C@H]1[C@H]2[C@H]3CC[C@@H](C3)[C@H]2C[C@H]1O. The lowest BCUT2D eigenvalue weighted by molar-refractivity contribution is 0.00654. The van der Waals surface area contributed by atoms with Gasteiger partial charge in [-0.15, -0.1) is 0 Å². The van der Waals surface area contributed by atoms with E-state index in [2.05, 4.69) is 0 Å². The molecule has 0 spiro atoms. The monoisotopic (exact) mass is 168 g/mol. The van der Waals surface area contributed by atoms with E-state index in [1.165, 1.54) is 19.3 Å². The smallest absolute Gasteiger partial charge is 0.0832 e. The molecule has 3 aliphatic rings. The zero-order valence-corrected chi connectivity index (χ0v) is 7.19. The van der Waals surface area contributed by atoms with Gasteiger partial charge in [-0.2, -0.15) is 0 Å². The highest BCUT2D eigenvalue weighted by Crippen LogP contribution is 2.58. The summed E-state index contributed by atoms with van der Waals surface area (Å²) in [6.07, 6.45) is 4.04. The van der Waals surface area contributed by atoms with E-state index >= 15 is 0 Å². The van der Waals surface area contributed by atoms with E-state index in [0.717, 1.165) is 18.3 Å². The lowest BCUT2D eigenvalue weighted by Gasteiger charge is -2.25. The van der Waals surface area contributed by atoms with Gasteiger partial charge >= 0.3 is 0 Å². The maximum Gasteiger partial charge on any atom is 0.0832 e. The van der Waals surface area contributed by atoms with Crippen LogP contribution in [-0.2, 0) is 0 Å². The summed E-state index contributed by atoms with van der Waals surface area (Å²) in [5, 5.41) is 19.3. The fourth-order valence-corrected chi connectivity index (χ4v) is 4.01. The zero-order valence-electron chi connectivity index (χ0n) is 7.19. The molecule has 0 saturated heterocycles. The van der Waals surface area contributed by atoms with Gasteiger partial charge in [0.1, 0.15) is 0 Å². The Labute approximate surface area is 72.6 Å². The Morgan fingerprint density at radius 2 is 1.67 bits per heavy atom. The van der Waals surface area contributed by atoms with Crippen LogP contribution in [0.5, 0.6) is 0 Å². The van der Waals surface area contributed by atoms with Crippen LogP contribution in [0.25, 0.3) is 0 Å². The predicted molar refractivity (Wildman–Crippen MR) is 44.4 cm³/mol. The van der Waals surface area contributed by atoms with Crippen molar-refractivity contribution < 1.29 is 10.2 Å². The van der Waals surface area contributed by atoms with Gasteiger partial charge in [-0.1, -0.05) is 0 Å². The van der Waals surface area contributed by atoms with Crippen molar-refractivity contribution in [2.75, 3.05) is 0 Å². The Kier molecular flexibility index (Phi) is 1.37. The molecular formula is C10H16O2. The first-order valence-electron chi connectivity index (χ1n) is 5.13. The lowest BCUT2D eigenvalue weighted by Crippen LogP contribution is -2.29. The van der Waals surface area contributed by atoms with Crippen molar-refractivity contribution in [3.63, 3.8) is 0 Å². The molecule has 2 bridgehead atoms. The topological polar surface area (TPSA) is 40.5 Å². The third kappa shape index (κ3) is 0.728. The average molecular weight is 168 g/mol. The highest BCUT2D eigenvalue weighted by molar-refractivity contribution is 5.05. The van der Waals surface area contributed by atoms with Gasteiger partial charge in [0.05, 0.1) is 12.2 Å². The predicted octanol–water partition coefficient (Wildman–Crippen LogP) is 0.774. The summed E-state index contributed by atoms with van der Waals surface area (Å²) < 4.78 is 0. The van der Waals surface area contributed by atoms with Crippen LogP contribution in [0.3, 0.4) is 0 Å². The second-order valence-corrected chi connectivity index (χ2v) is 4.87. The largest absolute Gasteiger partial charge is 0.390 e. The summed E-state index contributed by atoms with van der Waals surface area (Å²) in [6.45, 7) is 0. The summed E-state index contributed by atoms with van der Waals surface area (Å²) >= 11 is 0. The molecule has 0 unspecified atom stereocenters. The molecule has 0 heterocycles. The van der Waals surface area contributed by atoms with Gasteiger partial charge in [0.25, 0.3) is 0 Å². The van der Waals surface area contributed by atoms with Crippen molar-refractivity contribution in [3.05, 3.63) is 0 Å². The molecule has 6 atom stereocenters. The molecule has 0 amide bonds. The van der Waals surface area contributed by atoms with Crippen LogP contribution in [0.2, 0.25) is 0 Å². The minimum absolute atomic E-state index is 0.398. The van der Waals surface area contributed by atoms with Crippen LogP contribution in [-0.4, -0.2) is 22.4 Å². The molecule has 0 radical (unpaired) electrons. The van der Waals surface area contributed by atoms with Gasteiger partial charge in [0.2, 0.25) is 0 Å². The molecule has 3 aliphatic carbocycles. The molecule has 0 aromatic heterocycles. The van der Waals surface area contributed by atoms with Gasteiger partial charge in [-0.25, -0.2) is 0 Å². The van der Waals surface area contributed by atoms with Crippen molar-refractivity contribution in [1.82, 2.24) is 0 Å². The summed E-state index contributed by atoms with van der Waals surface area (Å²) in [6, 6.07) is 0. The second-order valence-electron chi connectivity index (χ2n) is 4.87. The van der Waals surface area contributed by atoms with E-state index in [4.69, 9.17) is 0 Å². The minimum atomic E-state index is -0.414. The quantitative estimate of drug-likeness (QED) is 0.561. The summed E-state index contributed by atoms with van der Waals surface area (Å²) in [4.78, 5) is 0. The van der Waals surface area contributed by atoms with Crippen LogP contribution < -0.4 is 0 Å². The standard InChI is InChI=1S/C10H16O2/c11-8-4-7-5-1-2-6(3-5)9(7)10(8)12/h5-12H,1-4H2/t5-,6-,7+,8+,9-,10+/m0/s1. The van der Waals surface area contributed by atoms with E-state index in [-0.39, 0.29) is 0 Å². The third-order valence-electron chi connectivity index (χ3n) is 4.46. The summed E-state index contributed by atoms with van der Waals surface area (Å²) in [5.41, 5.74) is 0. The number of fused-ring (bicyclic) bond motifs is 5. The van der Waals surface area contributed by atoms with Crippen LogP contribution >= 0.6 is 0 Å². The molecule has 0 aromatic rings. The van der Waals surface area contributed by atoms with E-state index in [1.807, 2.05) is 0 Å². The molecule has 0 aliphatic heterocycles. The number of rotatable bonds is 0. The number of aliphatic hydroxyl groups is 2. The summed E-state index contributed by atoms with van der Waals surface area (Å²) in [5.74, 6) is 2.70.